The number of rotatable bonds is 7. The Balaban J connectivity index is 1.95. The van der Waals surface area contributed by atoms with Gasteiger partial charge in [-0.1, -0.05) is 37.3 Å². The normalized spacial score (nSPS) is 11.1. The molecule has 0 saturated heterocycles. The minimum absolute atomic E-state index is 0.0895. The van der Waals surface area contributed by atoms with Crippen LogP contribution in [0.5, 0.6) is 5.75 Å². The molecule has 1 N–H and O–H groups in total. The summed E-state index contributed by atoms with van der Waals surface area (Å²) in [6, 6.07) is 16.5. The van der Waals surface area contributed by atoms with Gasteiger partial charge >= 0.3 is 0 Å². The first-order valence-corrected chi connectivity index (χ1v) is 8.52. The Kier molecular flexibility index (Phi) is 5.22. The molecule has 2 aromatic carbocycles. The summed E-state index contributed by atoms with van der Waals surface area (Å²) < 4.78 is 29.6. The Morgan fingerprint density at radius 1 is 1.00 bits per heavy atom. The van der Waals surface area contributed by atoms with Gasteiger partial charge in [-0.3, -0.25) is 0 Å². The monoisotopic (exact) mass is 305 g/mol. The molecule has 0 amide bonds. The van der Waals surface area contributed by atoms with Crippen LogP contribution in [-0.4, -0.2) is 27.3 Å². The van der Waals surface area contributed by atoms with E-state index in [0.717, 1.165) is 5.75 Å². The molecule has 0 radical (unpaired) electrons. The second-order valence-corrected chi connectivity index (χ2v) is 6.73. The summed E-state index contributed by atoms with van der Waals surface area (Å²) >= 11 is 0. The molecule has 4 nitrogen and oxygen atoms in total. The van der Waals surface area contributed by atoms with Crippen LogP contribution in [0.2, 0.25) is 0 Å². The number of benzene rings is 2. The van der Waals surface area contributed by atoms with Crippen LogP contribution in [0.3, 0.4) is 0 Å². The second-order valence-electron chi connectivity index (χ2n) is 4.49. The molecule has 0 aliphatic heterocycles. The number of sulfone groups is 1. The number of para-hydroxylation sites is 2. The molecule has 0 aromatic heterocycles. The average molecular weight is 305 g/mol. The third kappa shape index (κ3) is 4.23. The van der Waals surface area contributed by atoms with E-state index in [9.17, 15) is 8.42 Å². The van der Waals surface area contributed by atoms with Crippen molar-refractivity contribution in [1.82, 2.24) is 0 Å². The zero-order valence-corrected chi connectivity index (χ0v) is 12.8. The molecule has 0 atom stereocenters. The summed E-state index contributed by atoms with van der Waals surface area (Å²) in [5.74, 6) is 0.889. The smallest absolute Gasteiger partial charge is 0.180 e. The minimum atomic E-state index is -3.22. The summed E-state index contributed by atoms with van der Waals surface area (Å²) in [5, 5.41) is 3.12. The largest absolute Gasteiger partial charge is 0.492 e. The number of hydrogen-bond acceptors (Lipinski definition) is 4. The Bertz CT molecular complexity index is 669. The Labute approximate surface area is 125 Å². The SMILES string of the molecule is CCS(=O)(=O)c1ccccc1NCCOc1ccccc1. The standard InChI is InChI=1S/C16H19NO3S/c1-2-21(18,19)16-11-7-6-10-15(16)17-12-13-20-14-8-4-3-5-9-14/h3-11,17H,2,12-13H2,1H3. The Hall–Kier alpha value is -2.01. The quantitative estimate of drug-likeness (QED) is 0.799. The first-order chi connectivity index (χ1) is 10.1. The molecular formula is C16H19NO3S. The number of ether oxygens (including phenoxy) is 1. The van der Waals surface area contributed by atoms with Crippen molar-refractivity contribution in [3.63, 3.8) is 0 Å². The van der Waals surface area contributed by atoms with Gasteiger partial charge in [-0.05, 0) is 24.3 Å². The zero-order valence-electron chi connectivity index (χ0n) is 12.0. The molecular weight excluding hydrogens is 286 g/mol. The van der Waals surface area contributed by atoms with Crippen LogP contribution in [0.1, 0.15) is 6.92 Å². The van der Waals surface area contributed by atoms with Gasteiger partial charge in [0.1, 0.15) is 12.4 Å². The number of anilines is 1. The Morgan fingerprint density at radius 3 is 2.38 bits per heavy atom. The van der Waals surface area contributed by atoms with E-state index < -0.39 is 9.84 Å². The second kappa shape index (κ2) is 7.13. The van der Waals surface area contributed by atoms with Crippen molar-refractivity contribution < 1.29 is 13.2 Å². The molecule has 5 heteroatoms. The fraction of sp³-hybridized carbons (Fsp3) is 0.250. The average Bonchev–Trinajstić information content (AvgIpc) is 2.53. The lowest BCUT2D eigenvalue weighted by Crippen LogP contribution is -2.14. The highest BCUT2D eigenvalue weighted by Crippen LogP contribution is 2.21. The van der Waals surface area contributed by atoms with Gasteiger partial charge in [0.2, 0.25) is 0 Å². The molecule has 0 spiro atoms. The lowest BCUT2D eigenvalue weighted by atomic mass is 10.3. The lowest BCUT2D eigenvalue weighted by Gasteiger charge is -2.12. The number of hydrogen-bond donors (Lipinski definition) is 1. The Morgan fingerprint density at radius 2 is 1.67 bits per heavy atom. The van der Waals surface area contributed by atoms with Gasteiger partial charge in [0.05, 0.1) is 16.3 Å². The van der Waals surface area contributed by atoms with E-state index in [1.54, 1.807) is 25.1 Å². The predicted octanol–water partition coefficient (Wildman–Crippen LogP) is 2.97. The molecule has 0 aliphatic carbocycles. The molecule has 0 fully saturated rings. The van der Waals surface area contributed by atoms with Crippen molar-refractivity contribution in [2.24, 2.45) is 0 Å². The van der Waals surface area contributed by atoms with Crippen molar-refractivity contribution >= 4 is 15.5 Å². The van der Waals surface area contributed by atoms with Gasteiger partial charge in [0.25, 0.3) is 0 Å². The minimum Gasteiger partial charge on any atom is -0.492 e. The third-order valence-electron chi connectivity index (χ3n) is 3.03. The summed E-state index contributed by atoms with van der Waals surface area (Å²) in [7, 11) is -3.22. The van der Waals surface area contributed by atoms with E-state index >= 15 is 0 Å². The molecule has 0 heterocycles. The molecule has 21 heavy (non-hydrogen) atoms. The first-order valence-electron chi connectivity index (χ1n) is 6.87. The van der Waals surface area contributed by atoms with Gasteiger partial charge in [-0.15, -0.1) is 0 Å². The highest BCUT2D eigenvalue weighted by atomic mass is 32.2. The van der Waals surface area contributed by atoms with E-state index in [1.807, 2.05) is 36.4 Å². The van der Waals surface area contributed by atoms with Crippen LogP contribution in [0.15, 0.2) is 59.5 Å². The van der Waals surface area contributed by atoms with Gasteiger partial charge in [-0.2, -0.15) is 0 Å². The topological polar surface area (TPSA) is 55.4 Å². The summed E-state index contributed by atoms with van der Waals surface area (Å²) in [5.41, 5.74) is 0.621. The van der Waals surface area contributed by atoms with E-state index in [4.69, 9.17) is 4.74 Å². The maximum Gasteiger partial charge on any atom is 0.180 e. The van der Waals surface area contributed by atoms with Gasteiger partial charge in [0, 0.05) is 6.54 Å². The fourth-order valence-electron chi connectivity index (χ4n) is 1.91. The van der Waals surface area contributed by atoms with Gasteiger partial charge < -0.3 is 10.1 Å². The molecule has 0 unspecified atom stereocenters. The molecule has 0 bridgehead atoms. The van der Waals surface area contributed by atoms with Crippen LogP contribution in [0, 0.1) is 0 Å². The predicted molar refractivity (Wildman–Crippen MR) is 84.6 cm³/mol. The van der Waals surface area contributed by atoms with Crippen LogP contribution in [0.25, 0.3) is 0 Å². The van der Waals surface area contributed by atoms with E-state index in [0.29, 0.717) is 23.7 Å². The summed E-state index contributed by atoms with van der Waals surface area (Å²) in [4.78, 5) is 0.340. The maximum atomic E-state index is 12.0. The van der Waals surface area contributed by atoms with Crippen LogP contribution in [-0.2, 0) is 9.84 Å². The van der Waals surface area contributed by atoms with Crippen LogP contribution < -0.4 is 10.1 Å². The zero-order chi connectivity index (χ0) is 15.1. The van der Waals surface area contributed by atoms with Crippen LogP contribution in [0.4, 0.5) is 5.69 Å². The van der Waals surface area contributed by atoms with Crippen molar-refractivity contribution in [1.29, 1.82) is 0 Å². The van der Waals surface area contributed by atoms with E-state index in [-0.39, 0.29) is 5.75 Å². The third-order valence-corrected chi connectivity index (χ3v) is 4.82. The molecule has 2 rings (SSSR count). The molecule has 112 valence electrons. The van der Waals surface area contributed by atoms with Crippen molar-refractivity contribution in [3.05, 3.63) is 54.6 Å². The highest BCUT2D eigenvalue weighted by Gasteiger charge is 2.15. The van der Waals surface area contributed by atoms with E-state index in [2.05, 4.69) is 5.32 Å². The van der Waals surface area contributed by atoms with Crippen LogP contribution >= 0.6 is 0 Å². The molecule has 0 saturated carbocycles. The highest BCUT2D eigenvalue weighted by molar-refractivity contribution is 7.91. The van der Waals surface area contributed by atoms with Crippen molar-refractivity contribution in [2.45, 2.75) is 11.8 Å². The lowest BCUT2D eigenvalue weighted by molar-refractivity contribution is 0.333. The fourth-order valence-corrected chi connectivity index (χ4v) is 2.98. The molecule has 2 aromatic rings. The van der Waals surface area contributed by atoms with Crippen molar-refractivity contribution in [3.8, 4) is 5.75 Å². The first kappa shape index (κ1) is 15.4. The van der Waals surface area contributed by atoms with Crippen molar-refractivity contribution in [2.75, 3.05) is 24.2 Å². The number of nitrogens with one attached hydrogen (secondary N) is 1. The van der Waals surface area contributed by atoms with E-state index in [1.165, 1.54) is 0 Å². The molecule has 0 aliphatic rings. The maximum absolute atomic E-state index is 12.0. The summed E-state index contributed by atoms with van der Waals surface area (Å²) in [6.45, 7) is 2.64. The van der Waals surface area contributed by atoms with Gasteiger partial charge in [0.15, 0.2) is 9.84 Å². The van der Waals surface area contributed by atoms with Gasteiger partial charge in [-0.25, -0.2) is 8.42 Å². The summed E-state index contributed by atoms with van der Waals surface area (Å²) in [6.07, 6.45) is 0.